The third-order valence-electron chi connectivity index (χ3n) is 2.91. The molecule has 0 spiro atoms. The van der Waals surface area contributed by atoms with E-state index in [1.54, 1.807) is 0 Å². The number of benzene rings is 1. The predicted octanol–water partition coefficient (Wildman–Crippen LogP) is 0.597. The number of nitro benzene ring substituents is 1. The number of hydrogen-bond donors (Lipinski definition) is 5. The molecule has 1 heterocycles. The fraction of sp³-hybridized carbons (Fsp3) is 0.300. The minimum Gasteiger partial charge on any atom is -0.478 e. The van der Waals surface area contributed by atoms with E-state index in [0.717, 1.165) is 16.4 Å². The van der Waals surface area contributed by atoms with Crippen molar-refractivity contribution in [1.82, 2.24) is 9.03 Å². The molecule has 1 aliphatic rings. The van der Waals surface area contributed by atoms with Crippen molar-refractivity contribution in [2.75, 3.05) is 6.54 Å². The van der Waals surface area contributed by atoms with Crippen molar-refractivity contribution in [3.05, 3.63) is 39.4 Å². The molecular weight excluding hydrogens is 306 g/mol. The summed E-state index contributed by atoms with van der Waals surface area (Å²) in [7, 11) is -3.40. The number of aliphatic hydroxyl groups excluding tert-OH is 1. The number of carbonyl (C=O) groups is 1. The Balaban J connectivity index is 2.32. The molecule has 1 fully saturated rings. The summed E-state index contributed by atoms with van der Waals surface area (Å²) in [5, 5.41) is 29.1. The number of carboxylic acid groups (broad SMARTS) is 1. The lowest BCUT2D eigenvalue weighted by Gasteiger charge is -2.35. The normalized spacial score (nSPS) is 22.9. The molecular formula is C10H13N3O7S. The van der Waals surface area contributed by atoms with E-state index in [9.17, 15) is 29.1 Å². The topological polar surface area (TPSA) is 156 Å². The van der Waals surface area contributed by atoms with Gasteiger partial charge in [0.2, 0.25) is 0 Å². The zero-order chi connectivity index (χ0) is 15.8. The number of nitro groups is 1. The van der Waals surface area contributed by atoms with E-state index in [4.69, 9.17) is 5.11 Å². The monoisotopic (exact) mass is 319 g/mol. The first-order valence-electron chi connectivity index (χ1n) is 5.70. The van der Waals surface area contributed by atoms with Crippen LogP contribution in [0.25, 0.3) is 0 Å². The van der Waals surface area contributed by atoms with Gasteiger partial charge in [0.15, 0.2) is 0 Å². The van der Waals surface area contributed by atoms with Gasteiger partial charge < -0.3 is 10.2 Å². The molecule has 1 atom stereocenters. The minimum absolute atomic E-state index is 0.113. The molecule has 1 aromatic carbocycles. The van der Waals surface area contributed by atoms with Crippen LogP contribution in [-0.2, 0) is 6.54 Å². The Hall–Kier alpha value is -1.76. The number of hydrogen-bond acceptors (Lipinski definition) is 8. The first-order valence-corrected chi connectivity index (χ1v) is 7.20. The molecule has 0 radical (unpaired) electrons. The predicted molar refractivity (Wildman–Crippen MR) is 72.5 cm³/mol. The third kappa shape index (κ3) is 3.29. The summed E-state index contributed by atoms with van der Waals surface area (Å²) >= 11 is 0. The number of non-ortho nitro benzene ring substituents is 1. The molecule has 2 rings (SSSR count). The molecule has 0 bridgehead atoms. The summed E-state index contributed by atoms with van der Waals surface area (Å²) in [5.41, 5.74) is -0.507. The van der Waals surface area contributed by atoms with Crippen molar-refractivity contribution >= 4 is 22.6 Å². The average Bonchev–Trinajstić information content (AvgIpc) is 2.61. The summed E-state index contributed by atoms with van der Waals surface area (Å²) in [6.07, 6.45) is -1.15. The Bertz CT molecular complexity index is 594. The maximum absolute atomic E-state index is 11.2. The number of aromatic carboxylic acids is 1. The Morgan fingerprint density at radius 2 is 2.19 bits per heavy atom. The maximum Gasteiger partial charge on any atom is 0.336 e. The van der Waals surface area contributed by atoms with Gasteiger partial charge in [-0.25, -0.2) is 4.79 Å². The molecule has 11 heteroatoms. The standard InChI is InChI=1S/C10H13N3O7S/c14-9-5-12(21(19,20)11-9)4-6-1-2-7(13(17)18)3-8(6)10(15)16/h1-3,9,11,14,19-20H,4-5H2,(H,15,16). The molecule has 1 unspecified atom stereocenters. The summed E-state index contributed by atoms with van der Waals surface area (Å²) in [5.74, 6) is -1.36. The zero-order valence-electron chi connectivity index (χ0n) is 10.5. The van der Waals surface area contributed by atoms with Crippen molar-refractivity contribution in [2.24, 2.45) is 0 Å². The van der Waals surface area contributed by atoms with Gasteiger partial charge in [-0.2, -0.15) is 9.03 Å². The number of carboxylic acids is 1. The van der Waals surface area contributed by atoms with Crippen LogP contribution in [-0.4, -0.2) is 47.3 Å². The highest BCUT2D eigenvalue weighted by molar-refractivity contribution is 8.20. The SMILES string of the molecule is O=C(O)c1cc([N+](=O)[O-])ccc1CN1CC(O)NS1(O)O. The van der Waals surface area contributed by atoms with E-state index < -0.39 is 28.1 Å². The number of β-amino-alcohol motifs (C(OH)–C–C–N with tert-alkyl or cyclic N) is 1. The van der Waals surface area contributed by atoms with Crippen LogP contribution < -0.4 is 4.72 Å². The van der Waals surface area contributed by atoms with Crippen molar-refractivity contribution in [2.45, 2.75) is 12.8 Å². The number of nitrogens with one attached hydrogen (secondary N) is 1. The largest absolute Gasteiger partial charge is 0.478 e. The van der Waals surface area contributed by atoms with Crippen molar-refractivity contribution in [3.8, 4) is 0 Å². The molecule has 10 nitrogen and oxygen atoms in total. The molecule has 0 aliphatic carbocycles. The Morgan fingerprint density at radius 3 is 2.67 bits per heavy atom. The number of rotatable bonds is 4. The summed E-state index contributed by atoms with van der Waals surface area (Å²) in [4.78, 5) is 21.1. The Labute approximate surface area is 120 Å². The van der Waals surface area contributed by atoms with Gasteiger partial charge in [-0.1, -0.05) is 11.0 Å². The number of nitrogens with zero attached hydrogens (tertiary/aromatic N) is 2. The first-order chi connectivity index (χ1) is 9.70. The quantitative estimate of drug-likeness (QED) is 0.396. The highest BCUT2D eigenvalue weighted by Gasteiger charge is 2.35. The molecule has 1 aliphatic heterocycles. The first kappa shape index (κ1) is 15.6. The van der Waals surface area contributed by atoms with E-state index in [2.05, 4.69) is 4.72 Å². The fourth-order valence-corrected chi connectivity index (χ4v) is 3.21. The van der Waals surface area contributed by atoms with Crippen molar-refractivity contribution < 1.29 is 29.0 Å². The lowest BCUT2D eigenvalue weighted by Crippen LogP contribution is -2.26. The fourth-order valence-electron chi connectivity index (χ4n) is 1.95. The Morgan fingerprint density at radius 1 is 1.52 bits per heavy atom. The van der Waals surface area contributed by atoms with E-state index in [-0.39, 0.29) is 29.9 Å². The molecule has 0 amide bonds. The van der Waals surface area contributed by atoms with Crippen LogP contribution in [0.4, 0.5) is 5.69 Å². The van der Waals surface area contributed by atoms with Gasteiger partial charge in [0, 0.05) is 18.7 Å². The molecule has 116 valence electrons. The molecule has 0 saturated carbocycles. The average molecular weight is 319 g/mol. The summed E-state index contributed by atoms with van der Waals surface area (Å²) in [6.45, 7) is -0.301. The minimum atomic E-state index is -3.40. The molecule has 0 aromatic heterocycles. The second kappa shape index (κ2) is 5.55. The third-order valence-corrected chi connectivity index (χ3v) is 4.50. The molecule has 1 aromatic rings. The number of aliphatic hydroxyl groups is 1. The van der Waals surface area contributed by atoms with Gasteiger partial charge in [0.1, 0.15) is 6.23 Å². The maximum atomic E-state index is 11.2. The van der Waals surface area contributed by atoms with E-state index in [1.807, 2.05) is 0 Å². The van der Waals surface area contributed by atoms with Gasteiger partial charge in [-0.15, -0.1) is 0 Å². The van der Waals surface area contributed by atoms with Gasteiger partial charge in [-0.05, 0) is 11.6 Å². The smallest absolute Gasteiger partial charge is 0.336 e. The second-order valence-corrected chi connectivity index (χ2v) is 6.17. The lowest BCUT2D eigenvalue weighted by atomic mass is 10.1. The lowest BCUT2D eigenvalue weighted by molar-refractivity contribution is -0.384. The van der Waals surface area contributed by atoms with E-state index >= 15 is 0 Å². The van der Waals surface area contributed by atoms with Crippen molar-refractivity contribution in [3.63, 3.8) is 0 Å². The van der Waals surface area contributed by atoms with Crippen LogP contribution in [0.2, 0.25) is 0 Å². The highest BCUT2D eigenvalue weighted by Crippen LogP contribution is 2.44. The van der Waals surface area contributed by atoms with Gasteiger partial charge >= 0.3 is 5.97 Å². The van der Waals surface area contributed by atoms with Gasteiger partial charge in [-0.3, -0.25) is 19.2 Å². The van der Waals surface area contributed by atoms with Gasteiger partial charge in [0.25, 0.3) is 5.69 Å². The van der Waals surface area contributed by atoms with E-state index in [1.165, 1.54) is 6.07 Å². The Kier molecular flexibility index (Phi) is 4.13. The van der Waals surface area contributed by atoms with Crippen LogP contribution in [0.5, 0.6) is 0 Å². The van der Waals surface area contributed by atoms with Crippen LogP contribution in [0.15, 0.2) is 18.2 Å². The van der Waals surface area contributed by atoms with Crippen LogP contribution >= 0.6 is 11.0 Å². The second-order valence-electron chi connectivity index (χ2n) is 4.38. The van der Waals surface area contributed by atoms with Gasteiger partial charge in [0.05, 0.1) is 17.0 Å². The molecule has 21 heavy (non-hydrogen) atoms. The zero-order valence-corrected chi connectivity index (χ0v) is 11.4. The van der Waals surface area contributed by atoms with E-state index in [0.29, 0.717) is 0 Å². The van der Waals surface area contributed by atoms with Crippen LogP contribution in [0.1, 0.15) is 15.9 Å². The molecule has 1 saturated heterocycles. The summed E-state index contributed by atoms with van der Waals surface area (Å²) in [6, 6.07) is 3.28. The summed E-state index contributed by atoms with van der Waals surface area (Å²) < 4.78 is 22.6. The van der Waals surface area contributed by atoms with Crippen LogP contribution in [0.3, 0.4) is 0 Å². The van der Waals surface area contributed by atoms with Crippen molar-refractivity contribution in [1.29, 1.82) is 0 Å². The van der Waals surface area contributed by atoms with Crippen LogP contribution in [0, 0.1) is 10.1 Å². The molecule has 5 N–H and O–H groups in total. The highest BCUT2D eigenvalue weighted by atomic mass is 32.3.